The SMILES string of the molecule is FC1C(F)C(F)(F)C(F)(F)C1F.FC1C(F)C(F)(F)C(F)C1(F)F. The van der Waals surface area contributed by atoms with Gasteiger partial charge in [0.15, 0.2) is 6.17 Å². The van der Waals surface area contributed by atoms with Gasteiger partial charge < -0.3 is 0 Å². The summed E-state index contributed by atoms with van der Waals surface area (Å²) in [5, 5.41) is 0. The average molecular weight is 392 g/mol. The maximum absolute atomic E-state index is 12.0. The van der Waals surface area contributed by atoms with Crippen molar-refractivity contribution < 1.29 is 61.5 Å². The molecule has 2 fully saturated rings. The number of halogens is 14. The molecule has 2 rings (SSSR count). The Hall–Kier alpha value is -0.980. The van der Waals surface area contributed by atoms with Crippen LogP contribution in [0.5, 0.6) is 0 Å². The molecule has 0 aromatic heterocycles. The fourth-order valence-corrected chi connectivity index (χ4v) is 1.84. The lowest BCUT2D eigenvalue weighted by atomic mass is 10.2. The quantitative estimate of drug-likeness (QED) is 0.530. The Bertz CT molecular complexity index is 420. The second-order valence-corrected chi connectivity index (χ2v) is 5.01. The van der Waals surface area contributed by atoms with Crippen LogP contribution in [0.25, 0.3) is 0 Å². The van der Waals surface area contributed by atoms with E-state index >= 15 is 0 Å². The minimum absolute atomic E-state index is 3.46. The third-order valence-electron chi connectivity index (χ3n) is 3.36. The number of alkyl halides is 14. The van der Waals surface area contributed by atoms with Crippen molar-refractivity contribution in [3.8, 4) is 0 Å². The topological polar surface area (TPSA) is 0 Å². The average Bonchev–Trinajstić information content (AvgIpc) is 2.64. The molecule has 4 unspecified atom stereocenters. The first-order valence-corrected chi connectivity index (χ1v) is 5.80. The summed E-state index contributed by atoms with van der Waals surface area (Å²) in [6.45, 7) is 0. The minimum Gasteiger partial charge on any atom is -0.241 e. The molecule has 2 saturated carbocycles. The third-order valence-corrected chi connectivity index (χ3v) is 3.36. The van der Waals surface area contributed by atoms with E-state index in [1.54, 1.807) is 0 Å². The van der Waals surface area contributed by atoms with Crippen molar-refractivity contribution in [2.75, 3.05) is 0 Å². The van der Waals surface area contributed by atoms with Crippen LogP contribution in [0.2, 0.25) is 0 Å². The van der Waals surface area contributed by atoms with Crippen LogP contribution in [0.15, 0.2) is 0 Å². The summed E-state index contributed by atoms with van der Waals surface area (Å²) in [4.78, 5) is 0. The fourth-order valence-electron chi connectivity index (χ4n) is 1.84. The molecular formula is C10H6F14. The fraction of sp³-hybridized carbons (Fsp3) is 1.00. The maximum Gasteiger partial charge on any atom is 0.346 e. The van der Waals surface area contributed by atoms with Gasteiger partial charge in [0, 0.05) is 0 Å². The Labute approximate surface area is 123 Å². The number of rotatable bonds is 0. The van der Waals surface area contributed by atoms with Crippen LogP contribution in [0, 0.1) is 0 Å². The van der Waals surface area contributed by atoms with Crippen LogP contribution < -0.4 is 0 Å². The molecule has 0 spiro atoms. The van der Waals surface area contributed by atoms with E-state index in [2.05, 4.69) is 0 Å². The highest BCUT2D eigenvalue weighted by Crippen LogP contribution is 2.52. The highest BCUT2D eigenvalue weighted by molar-refractivity contribution is 5.10. The van der Waals surface area contributed by atoms with Gasteiger partial charge in [-0.25, -0.2) is 26.3 Å². The number of hydrogen-bond donors (Lipinski definition) is 0. The molecule has 0 bridgehead atoms. The summed E-state index contributed by atoms with van der Waals surface area (Å²) in [7, 11) is 0. The van der Waals surface area contributed by atoms with Gasteiger partial charge in [-0.15, -0.1) is 0 Å². The van der Waals surface area contributed by atoms with Gasteiger partial charge in [-0.2, -0.15) is 35.1 Å². The molecular weight excluding hydrogens is 386 g/mol. The van der Waals surface area contributed by atoms with Crippen LogP contribution >= 0.6 is 0 Å². The molecule has 0 radical (unpaired) electrons. The van der Waals surface area contributed by atoms with Crippen LogP contribution in [-0.4, -0.2) is 60.7 Å². The lowest BCUT2D eigenvalue weighted by Crippen LogP contribution is -2.44. The van der Waals surface area contributed by atoms with Gasteiger partial charge in [0.2, 0.25) is 30.9 Å². The zero-order valence-electron chi connectivity index (χ0n) is 10.8. The molecule has 0 saturated heterocycles. The highest BCUT2D eigenvalue weighted by Gasteiger charge is 2.78. The van der Waals surface area contributed by atoms with E-state index in [0.717, 1.165) is 0 Å². The maximum atomic E-state index is 12.0. The van der Waals surface area contributed by atoms with E-state index in [1.807, 2.05) is 0 Å². The van der Waals surface area contributed by atoms with Crippen LogP contribution in [0.3, 0.4) is 0 Å². The normalized spacial score (nSPS) is 44.8. The van der Waals surface area contributed by atoms with Crippen molar-refractivity contribution in [3.05, 3.63) is 0 Å². The number of hydrogen-bond acceptors (Lipinski definition) is 0. The van der Waals surface area contributed by atoms with E-state index < -0.39 is 60.7 Å². The molecule has 0 heterocycles. The van der Waals surface area contributed by atoms with Crippen molar-refractivity contribution in [1.82, 2.24) is 0 Å². The van der Waals surface area contributed by atoms with E-state index in [9.17, 15) is 61.5 Å². The summed E-state index contributed by atoms with van der Waals surface area (Å²) < 4.78 is 168. The van der Waals surface area contributed by atoms with E-state index in [0.29, 0.717) is 0 Å². The summed E-state index contributed by atoms with van der Waals surface area (Å²) in [5.74, 6) is -20.4. The van der Waals surface area contributed by atoms with Gasteiger partial charge in [0.1, 0.15) is 0 Å². The van der Waals surface area contributed by atoms with Crippen molar-refractivity contribution in [2.24, 2.45) is 0 Å². The molecule has 14 heteroatoms. The van der Waals surface area contributed by atoms with Gasteiger partial charge in [0.05, 0.1) is 0 Å². The van der Waals surface area contributed by atoms with Gasteiger partial charge in [-0.1, -0.05) is 0 Å². The zero-order valence-corrected chi connectivity index (χ0v) is 10.8. The Kier molecular flexibility index (Phi) is 5.07. The minimum atomic E-state index is -5.26. The summed E-state index contributed by atoms with van der Waals surface area (Å²) in [6, 6.07) is 0. The van der Waals surface area contributed by atoms with E-state index in [4.69, 9.17) is 0 Å². The second-order valence-electron chi connectivity index (χ2n) is 5.01. The molecule has 0 nitrogen and oxygen atoms in total. The Morgan fingerprint density at radius 3 is 0.750 bits per heavy atom. The van der Waals surface area contributed by atoms with Crippen LogP contribution in [-0.2, 0) is 0 Å². The van der Waals surface area contributed by atoms with Crippen molar-refractivity contribution in [3.63, 3.8) is 0 Å². The standard InChI is InChI=1S/2C5H3F7/c6-1-2(7)5(11,12)3(8)4(1,9)10;6-1-2(7)4(9,10)5(11,12)3(1)8/h2*1-3H. The lowest BCUT2D eigenvalue weighted by molar-refractivity contribution is -0.223. The molecule has 0 aliphatic heterocycles. The van der Waals surface area contributed by atoms with Crippen LogP contribution in [0.1, 0.15) is 0 Å². The largest absolute Gasteiger partial charge is 0.346 e. The second kappa shape index (κ2) is 5.78. The molecule has 2 aliphatic carbocycles. The van der Waals surface area contributed by atoms with Gasteiger partial charge in [0.25, 0.3) is 0 Å². The smallest absolute Gasteiger partial charge is 0.241 e. The molecule has 0 amide bonds. The zero-order chi connectivity index (χ0) is 19.5. The summed E-state index contributed by atoms with van der Waals surface area (Å²) >= 11 is 0. The first kappa shape index (κ1) is 21.1. The molecule has 2 aliphatic rings. The van der Waals surface area contributed by atoms with Crippen LogP contribution in [0.4, 0.5) is 61.5 Å². The predicted molar refractivity (Wildman–Crippen MR) is 49.2 cm³/mol. The predicted octanol–water partition coefficient (Wildman–Crippen LogP) is 4.57. The summed E-state index contributed by atoms with van der Waals surface area (Å²) in [6.07, 6.45) is -22.7. The van der Waals surface area contributed by atoms with Gasteiger partial charge >= 0.3 is 23.7 Å². The van der Waals surface area contributed by atoms with Gasteiger partial charge in [-0.05, 0) is 0 Å². The molecule has 4 atom stereocenters. The molecule has 0 aromatic carbocycles. The third kappa shape index (κ3) is 2.68. The Morgan fingerprint density at radius 1 is 0.417 bits per heavy atom. The first-order valence-electron chi connectivity index (χ1n) is 5.80. The molecule has 0 aromatic rings. The highest BCUT2D eigenvalue weighted by atomic mass is 19.3. The molecule has 144 valence electrons. The lowest BCUT2D eigenvalue weighted by Gasteiger charge is -2.19. The van der Waals surface area contributed by atoms with Crippen molar-refractivity contribution >= 4 is 0 Å². The van der Waals surface area contributed by atoms with Gasteiger partial charge in [-0.3, -0.25) is 0 Å². The summed E-state index contributed by atoms with van der Waals surface area (Å²) in [5.41, 5.74) is 0. The van der Waals surface area contributed by atoms with Crippen molar-refractivity contribution in [2.45, 2.75) is 60.7 Å². The first-order chi connectivity index (χ1) is 10.4. The van der Waals surface area contributed by atoms with E-state index in [-0.39, 0.29) is 0 Å². The Morgan fingerprint density at radius 2 is 0.667 bits per heavy atom. The monoisotopic (exact) mass is 392 g/mol. The Balaban J connectivity index is 0.000000240. The van der Waals surface area contributed by atoms with Crippen molar-refractivity contribution in [1.29, 1.82) is 0 Å². The molecule has 24 heavy (non-hydrogen) atoms. The molecule has 0 N–H and O–H groups in total. The van der Waals surface area contributed by atoms with E-state index in [1.165, 1.54) is 0 Å².